The maximum Gasteiger partial charge on any atom is 0.419 e. The molecule has 0 saturated carbocycles. The number of fused-ring (bicyclic) bond motifs is 1. The molecule has 0 radical (unpaired) electrons. The van der Waals surface area contributed by atoms with Crippen LogP contribution in [0.5, 0.6) is 0 Å². The highest BCUT2D eigenvalue weighted by Gasteiger charge is 2.15. The van der Waals surface area contributed by atoms with Gasteiger partial charge >= 0.3 is 5.76 Å². The van der Waals surface area contributed by atoms with E-state index in [4.69, 9.17) is 4.42 Å². The molecule has 0 bridgehead atoms. The van der Waals surface area contributed by atoms with Crippen LogP contribution in [0.1, 0.15) is 43.9 Å². The van der Waals surface area contributed by atoms with Gasteiger partial charge in [0.15, 0.2) is 5.58 Å². The molecule has 8 heteroatoms. The lowest BCUT2D eigenvalue weighted by molar-refractivity contribution is -0.384. The van der Waals surface area contributed by atoms with Gasteiger partial charge in [-0.25, -0.2) is 4.79 Å². The number of nitrogens with one attached hydrogen (secondary N) is 1. The zero-order valence-corrected chi connectivity index (χ0v) is 16.4. The first-order valence-electron chi connectivity index (χ1n) is 9.55. The molecule has 3 rings (SSSR count). The molecule has 8 nitrogen and oxygen atoms in total. The van der Waals surface area contributed by atoms with Crippen molar-refractivity contribution in [1.29, 1.82) is 0 Å². The summed E-state index contributed by atoms with van der Waals surface area (Å²) in [4.78, 5) is 34.6. The molecule has 152 valence electrons. The number of nitrogens with zero attached hydrogens (tertiary/aromatic N) is 2. The SMILES string of the molecule is CCc1ccc(C(C)NC(=O)CCCn2c(=O)oc3cc([N+](=O)[O-])ccc32)cc1. The molecule has 0 aliphatic heterocycles. The maximum atomic E-state index is 12.2. The summed E-state index contributed by atoms with van der Waals surface area (Å²) in [7, 11) is 0. The molecule has 1 amide bonds. The monoisotopic (exact) mass is 397 g/mol. The Morgan fingerprint density at radius 1 is 1.24 bits per heavy atom. The number of carbonyl (C=O) groups excluding carboxylic acids is 1. The second-order valence-corrected chi connectivity index (χ2v) is 6.92. The minimum atomic E-state index is -0.592. The number of rotatable bonds is 8. The van der Waals surface area contributed by atoms with Gasteiger partial charge in [0.2, 0.25) is 5.91 Å². The summed E-state index contributed by atoms with van der Waals surface area (Å²) in [6.45, 7) is 4.31. The first kappa shape index (κ1) is 20.3. The van der Waals surface area contributed by atoms with Gasteiger partial charge in [0.05, 0.1) is 22.5 Å². The number of nitro benzene ring substituents is 1. The summed E-state index contributed by atoms with van der Waals surface area (Å²) in [6.07, 6.45) is 1.67. The lowest BCUT2D eigenvalue weighted by atomic mass is 10.0. The second-order valence-electron chi connectivity index (χ2n) is 6.92. The third-order valence-corrected chi connectivity index (χ3v) is 4.91. The standard InChI is InChI=1S/C21H23N3O5/c1-3-15-6-8-16(9-7-15)14(2)22-20(25)5-4-12-23-18-11-10-17(24(27)28)13-19(18)29-21(23)26/h6-11,13-14H,3-5,12H2,1-2H3,(H,22,25). The summed E-state index contributed by atoms with van der Waals surface area (Å²) in [5.41, 5.74) is 2.78. The number of benzene rings is 2. The van der Waals surface area contributed by atoms with Crippen molar-refractivity contribution in [3.8, 4) is 0 Å². The molecule has 1 aromatic heterocycles. The first-order chi connectivity index (χ1) is 13.9. The van der Waals surface area contributed by atoms with Crippen LogP contribution in [0.15, 0.2) is 51.7 Å². The lowest BCUT2D eigenvalue weighted by Gasteiger charge is -2.15. The van der Waals surface area contributed by atoms with E-state index in [1.807, 2.05) is 19.1 Å². The number of nitro groups is 1. The normalized spacial score (nSPS) is 12.1. The molecule has 2 aromatic carbocycles. The van der Waals surface area contributed by atoms with Crippen molar-refractivity contribution in [3.05, 3.63) is 74.3 Å². The van der Waals surface area contributed by atoms with Crippen molar-refractivity contribution < 1.29 is 14.1 Å². The average Bonchev–Trinajstić information content (AvgIpc) is 3.02. The van der Waals surface area contributed by atoms with E-state index in [2.05, 4.69) is 24.4 Å². The average molecular weight is 397 g/mol. The topological polar surface area (TPSA) is 107 Å². The number of hydrogen-bond donors (Lipinski definition) is 1. The van der Waals surface area contributed by atoms with Crippen molar-refractivity contribution in [2.45, 2.75) is 45.7 Å². The Morgan fingerprint density at radius 2 is 1.97 bits per heavy atom. The van der Waals surface area contributed by atoms with Crippen LogP contribution in [-0.2, 0) is 17.8 Å². The van der Waals surface area contributed by atoms with E-state index >= 15 is 0 Å². The number of aryl methyl sites for hydroxylation is 2. The van der Waals surface area contributed by atoms with Crippen LogP contribution in [0.4, 0.5) is 5.69 Å². The number of aromatic nitrogens is 1. The predicted molar refractivity (Wildman–Crippen MR) is 109 cm³/mol. The summed E-state index contributed by atoms with van der Waals surface area (Å²) in [5.74, 6) is -0.696. The molecule has 0 spiro atoms. The third kappa shape index (κ3) is 4.71. The van der Waals surface area contributed by atoms with Crippen LogP contribution in [0, 0.1) is 10.1 Å². The van der Waals surface area contributed by atoms with Gasteiger partial charge in [-0.15, -0.1) is 0 Å². The Bertz CT molecular complexity index is 1080. The Hall–Kier alpha value is -3.42. The van der Waals surface area contributed by atoms with Gasteiger partial charge in [-0.3, -0.25) is 19.5 Å². The van der Waals surface area contributed by atoms with Crippen molar-refractivity contribution in [3.63, 3.8) is 0 Å². The highest BCUT2D eigenvalue weighted by molar-refractivity contribution is 5.77. The molecule has 1 unspecified atom stereocenters. The molecule has 1 N–H and O–H groups in total. The van der Waals surface area contributed by atoms with Crippen molar-refractivity contribution in [1.82, 2.24) is 9.88 Å². The number of carbonyl (C=O) groups is 1. The zero-order chi connectivity index (χ0) is 21.0. The third-order valence-electron chi connectivity index (χ3n) is 4.91. The zero-order valence-electron chi connectivity index (χ0n) is 16.4. The van der Waals surface area contributed by atoms with E-state index in [9.17, 15) is 19.7 Å². The molecular formula is C21H23N3O5. The van der Waals surface area contributed by atoms with Crippen LogP contribution < -0.4 is 11.1 Å². The molecule has 0 aliphatic carbocycles. The van der Waals surface area contributed by atoms with E-state index in [0.29, 0.717) is 11.9 Å². The van der Waals surface area contributed by atoms with Gasteiger partial charge in [-0.1, -0.05) is 31.2 Å². The highest BCUT2D eigenvalue weighted by Crippen LogP contribution is 2.20. The first-order valence-corrected chi connectivity index (χ1v) is 9.55. The lowest BCUT2D eigenvalue weighted by Crippen LogP contribution is -2.27. The van der Waals surface area contributed by atoms with Gasteiger partial charge in [-0.05, 0) is 37.0 Å². The molecule has 3 aromatic rings. The Kier molecular flexibility index (Phi) is 6.11. The van der Waals surface area contributed by atoms with Crippen LogP contribution in [0.3, 0.4) is 0 Å². The maximum absolute atomic E-state index is 12.2. The van der Waals surface area contributed by atoms with Gasteiger partial charge in [0.1, 0.15) is 0 Å². The van der Waals surface area contributed by atoms with Crippen LogP contribution in [0.25, 0.3) is 11.1 Å². The van der Waals surface area contributed by atoms with Crippen LogP contribution in [0.2, 0.25) is 0 Å². The predicted octanol–water partition coefficient (Wildman–Crippen LogP) is 3.72. The summed E-state index contributed by atoms with van der Waals surface area (Å²) in [6, 6.07) is 12.1. The van der Waals surface area contributed by atoms with Gasteiger partial charge in [-0.2, -0.15) is 0 Å². The smallest absolute Gasteiger partial charge is 0.407 e. The van der Waals surface area contributed by atoms with E-state index < -0.39 is 10.7 Å². The summed E-state index contributed by atoms with van der Waals surface area (Å²) >= 11 is 0. The quantitative estimate of drug-likeness (QED) is 0.460. The molecule has 1 atom stereocenters. The van der Waals surface area contributed by atoms with Gasteiger partial charge in [0, 0.05) is 19.0 Å². The Morgan fingerprint density at radius 3 is 2.62 bits per heavy atom. The van der Waals surface area contributed by atoms with Gasteiger partial charge in [0.25, 0.3) is 5.69 Å². The molecule has 0 fully saturated rings. The highest BCUT2D eigenvalue weighted by atomic mass is 16.6. The number of hydrogen-bond acceptors (Lipinski definition) is 5. The van der Waals surface area contributed by atoms with Crippen molar-refractivity contribution in [2.24, 2.45) is 0 Å². The van der Waals surface area contributed by atoms with Crippen molar-refractivity contribution >= 4 is 22.7 Å². The Labute approximate surface area is 167 Å². The number of oxazole rings is 1. The fraction of sp³-hybridized carbons (Fsp3) is 0.333. The molecule has 1 heterocycles. The van der Waals surface area contributed by atoms with Gasteiger partial charge < -0.3 is 9.73 Å². The van der Waals surface area contributed by atoms with E-state index in [0.717, 1.165) is 12.0 Å². The molecule has 0 aliphatic rings. The van der Waals surface area contributed by atoms with E-state index in [1.165, 1.54) is 28.3 Å². The fourth-order valence-electron chi connectivity index (χ4n) is 3.22. The second kappa shape index (κ2) is 8.72. The molecule has 0 saturated heterocycles. The van der Waals surface area contributed by atoms with Crippen LogP contribution >= 0.6 is 0 Å². The van der Waals surface area contributed by atoms with Crippen molar-refractivity contribution in [2.75, 3.05) is 0 Å². The van der Waals surface area contributed by atoms with Crippen LogP contribution in [-0.4, -0.2) is 15.4 Å². The van der Waals surface area contributed by atoms with E-state index in [-0.39, 0.29) is 36.2 Å². The minimum Gasteiger partial charge on any atom is -0.407 e. The molecule has 29 heavy (non-hydrogen) atoms. The largest absolute Gasteiger partial charge is 0.419 e. The number of amides is 1. The summed E-state index contributed by atoms with van der Waals surface area (Å²) < 4.78 is 6.48. The molecular weight excluding hydrogens is 374 g/mol. The summed E-state index contributed by atoms with van der Waals surface area (Å²) in [5, 5.41) is 13.8. The Balaban J connectivity index is 1.57. The van der Waals surface area contributed by atoms with E-state index in [1.54, 1.807) is 0 Å². The number of non-ortho nitro benzene ring substituents is 1. The minimum absolute atomic E-state index is 0.103. The fourth-order valence-corrected chi connectivity index (χ4v) is 3.22.